The Hall–Kier alpha value is -4.75. The topological polar surface area (TPSA) is 151 Å². The van der Waals surface area contributed by atoms with Crippen LogP contribution in [0.25, 0.3) is 0 Å². The van der Waals surface area contributed by atoms with Gasteiger partial charge in [-0.2, -0.15) is 0 Å². The third kappa shape index (κ3) is 10.6. The number of nitrogens with zero attached hydrogens (tertiary/aromatic N) is 1. The number of nitrogens with one attached hydrogen (secondary N) is 2. The number of hydrogen-bond donors (Lipinski definition) is 4. The van der Waals surface area contributed by atoms with E-state index < -0.39 is 71.4 Å². The molecule has 3 aromatic rings. The van der Waals surface area contributed by atoms with Gasteiger partial charge in [0, 0.05) is 37.5 Å². The van der Waals surface area contributed by atoms with Crippen molar-refractivity contribution in [1.82, 2.24) is 15.5 Å². The normalized spacial score (nSPS) is 17.6. The molecule has 5 N–H and O–H groups in total. The second-order valence-corrected chi connectivity index (χ2v) is 12.1. The second kappa shape index (κ2) is 17.6. The van der Waals surface area contributed by atoms with Crippen molar-refractivity contribution in [2.75, 3.05) is 13.2 Å². The van der Waals surface area contributed by atoms with Crippen LogP contribution in [0.3, 0.4) is 0 Å². The number of carbonyl (C=O) groups is 4. The molecule has 2 amide bonds. The molecule has 13 heteroatoms. The molecule has 1 heterocycles. The summed E-state index contributed by atoms with van der Waals surface area (Å²) in [5, 5.41) is 15.9. The van der Waals surface area contributed by atoms with Crippen molar-refractivity contribution >= 4 is 23.8 Å². The Morgan fingerprint density at radius 1 is 0.918 bits per heavy atom. The molecule has 1 unspecified atom stereocenters. The zero-order valence-corrected chi connectivity index (χ0v) is 27.1. The third-order valence-electron chi connectivity index (χ3n) is 8.37. The van der Waals surface area contributed by atoms with Gasteiger partial charge in [-0.05, 0) is 55.4 Å². The summed E-state index contributed by atoms with van der Waals surface area (Å²) in [6.45, 7) is 1.69. The Balaban J connectivity index is 1.48. The molecule has 262 valence electrons. The fraction of sp³-hybridized carbons (Fsp3) is 0.389. The van der Waals surface area contributed by atoms with E-state index in [4.69, 9.17) is 10.5 Å². The van der Waals surface area contributed by atoms with E-state index in [1.807, 2.05) is 60.7 Å². The first-order valence-corrected chi connectivity index (χ1v) is 16.2. The van der Waals surface area contributed by atoms with Gasteiger partial charge in [-0.15, -0.1) is 0 Å². The van der Waals surface area contributed by atoms with Crippen LogP contribution in [0.2, 0.25) is 0 Å². The highest BCUT2D eigenvalue weighted by molar-refractivity contribution is 5.89. The first-order chi connectivity index (χ1) is 23.4. The molecule has 3 aromatic carbocycles. The highest BCUT2D eigenvalue weighted by Gasteiger charge is 2.43. The molecule has 0 spiro atoms. The maximum atomic E-state index is 14.2. The number of amides is 2. The van der Waals surface area contributed by atoms with E-state index in [1.165, 1.54) is 4.90 Å². The second-order valence-electron chi connectivity index (χ2n) is 12.1. The van der Waals surface area contributed by atoms with Gasteiger partial charge < -0.3 is 25.8 Å². The number of aliphatic carboxylic acids is 1. The number of ether oxygens (including phenoxy) is 1. The quantitative estimate of drug-likeness (QED) is 0.133. The zero-order chi connectivity index (χ0) is 35.5. The molecule has 0 radical (unpaired) electrons. The zero-order valence-electron chi connectivity index (χ0n) is 27.1. The van der Waals surface area contributed by atoms with Crippen LogP contribution in [0.4, 0.5) is 13.2 Å². The molecule has 4 rings (SSSR count). The molecule has 1 aliphatic heterocycles. The van der Waals surface area contributed by atoms with E-state index in [0.29, 0.717) is 25.0 Å². The van der Waals surface area contributed by atoms with E-state index in [1.54, 1.807) is 6.92 Å². The van der Waals surface area contributed by atoms with Gasteiger partial charge >= 0.3 is 11.9 Å². The summed E-state index contributed by atoms with van der Waals surface area (Å²) >= 11 is 0. The van der Waals surface area contributed by atoms with Gasteiger partial charge in [0.05, 0.1) is 12.6 Å². The maximum absolute atomic E-state index is 14.2. The fourth-order valence-corrected chi connectivity index (χ4v) is 6.00. The molecule has 10 nitrogen and oxygen atoms in total. The fourth-order valence-electron chi connectivity index (χ4n) is 6.00. The Kier molecular flexibility index (Phi) is 13.3. The van der Waals surface area contributed by atoms with E-state index >= 15 is 0 Å². The third-order valence-corrected chi connectivity index (χ3v) is 8.37. The summed E-state index contributed by atoms with van der Waals surface area (Å²) in [6.07, 6.45) is 0.328. The Morgan fingerprint density at radius 3 is 2.18 bits per heavy atom. The van der Waals surface area contributed by atoms with E-state index in [-0.39, 0.29) is 44.4 Å². The molecule has 0 saturated carbocycles. The number of carbonyl (C=O) groups excluding carboxylic acids is 3. The van der Waals surface area contributed by atoms with Crippen molar-refractivity contribution < 1.29 is 42.2 Å². The summed E-state index contributed by atoms with van der Waals surface area (Å²) in [5.74, 6) is -6.52. The Morgan fingerprint density at radius 2 is 1.55 bits per heavy atom. The molecule has 0 aromatic heterocycles. The molecule has 1 saturated heterocycles. The number of nitrogens with two attached hydrogens (primary N) is 1. The average molecular weight is 683 g/mol. The van der Waals surface area contributed by atoms with Crippen molar-refractivity contribution in [3.05, 3.63) is 107 Å². The number of carboxylic acids is 1. The summed E-state index contributed by atoms with van der Waals surface area (Å²) < 4.78 is 46.3. The van der Waals surface area contributed by atoms with E-state index in [2.05, 4.69) is 10.6 Å². The van der Waals surface area contributed by atoms with Gasteiger partial charge in [0.25, 0.3) is 0 Å². The Labute approximate surface area is 282 Å². The lowest BCUT2D eigenvalue weighted by molar-refractivity contribution is -0.150. The standard InChI is InChI=1S/C36H41F3N4O6/c1-2-49-36(48)30(14-13-22-9-5-3-6-10-22)42-31(15-23-11-7-4-8-12-23)34(45)43-21-26(19-32(43)35(46)47)41-33(44)18-25(40)16-24-17-28(38)29(39)20-27(24)37/h3-12,17,20,25-26,30-32,42H,2,13-16,18-19,21,40H2,1H3,(H,41,44)(H,46,47)/t25-,26+,30?,31+,32+/m1/s1. The summed E-state index contributed by atoms with van der Waals surface area (Å²) in [6, 6.07) is 14.8. The number of rotatable bonds is 16. The number of halogens is 3. The molecule has 1 fully saturated rings. The molecule has 1 aliphatic rings. The minimum absolute atomic E-state index is 0.0901. The van der Waals surface area contributed by atoms with E-state index in [0.717, 1.165) is 11.1 Å². The minimum atomic E-state index is -1.34. The van der Waals surface area contributed by atoms with Gasteiger partial charge in [-0.3, -0.25) is 19.7 Å². The number of hydrogen-bond acceptors (Lipinski definition) is 7. The van der Waals surface area contributed by atoms with Crippen LogP contribution in [-0.2, 0) is 43.2 Å². The number of esters is 1. The summed E-state index contributed by atoms with van der Waals surface area (Å²) in [5.41, 5.74) is 7.59. The predicted molar refractivity (Wildman–Crippen MR) is 175 cm³/mol. The monoisotopic (exact) mass is 682 g/mol. The number of aryl methyl sites for hydroxylation is 1. The maximum Gasteiger partial charge on any atom is 0.326 e. The van der Waals surface area contributed by atoms with Crippen molar-refractivity contribution in [1.29, 1.82) is 0 Å². The average Bonchev–Trinajstić information content (AvgIpc) is 3.49. The molecular weight excluding hydrogens is 641 g/mol. The van der Waals surface area contributed by atoms with Gasteiger partial charge in [0.15, 0.2) is 11.6 Å². The van der Waals surface area contributed by atoms with Crippen molar-refractivity contribution in [3.8, 4) is 0 Å². The summed E-state index contributed by atoms with van der Waals surface area (Å²) in [7, 11) is 0. The van der Waals surface area contributed by atoms with Gasteiger partial charge in [0.2, 0.25) is 11.8 Å². The van der Waals surface area contributed by atoms with Crippen molar-refractivity contribution in [3.63, 3.8) is 0 Å². The van der Waals surface area contributed by atoms with Crippen LogP contribution in [0.5, 0.6) is 0 Å². The first-order valence-electron chi connectivity index (χ1n) is 16.2. The first kappa shape index (κ1) is 37.1. The van der Waals surface area contributed by atoms with Crippen molar-refractivity contribution in [2.45, 2.75) is 75.7 Å². The van der Waals surface area contributed by atoms with Crippen LogP contribution in [0, 0.1) is 17.5 Å². The molecule has 0 bridgehead atoms. The number of carboxylic acid groups (broad SMARTS) is 1. The lowest BCUT2D eigenvalue weighted by atomic mass is 10.0. The predicted octanol–water partition coefficient (Wildman–Crippen LogP) is 3.30. The lowest BCUT2D eigenvalue weighted by Gasteiger charge is -2.30. The van der Waals surface area contributed by atoms with Gasteiger partial charge in [-0.1, -0.05) is 60.7 Å². The molecule has 49 heavy (non-hydrogen) atoms. The van der Waals surface area contributed by atoms with Crippen LogP contribution >= 0.6 is 0 Å². The Bertz CT molecular complexity index is 1600. The minimum Gasteiger partial charge on any atom is -0.480 e. The van der Waals surface area contributed by atoms with Crippen LogP contribution in [0.1, 0.15) is 42.9 Å². The van der Waals surface area contributed by atoms with Crippen LogP contribution in [0.15, 0.2) is 72.8 Å². The van der Waals surface area contributed by atoms with Crippen LogP contribution < -0.4 is 16.4 Å². The highest BCUT2D eigenvalue weighted by atomic mass is 19.2. The molecular formula is C36H41F3N4O6. The SMILES string of the molecule is CCOC(=O)C(CCc1ccccc1)N[C@@H](Cc1ccccc1)C(=O)N1C[C@@H](NC(=O)C[C@H](N)Cc2cc(F)c(F)cc2F)C[C@H]1C(=O)O. The highest BCUT2D eigenvalue weighted by Crippen LogP contribution is 2.22. The largest absolute Gasteiger partial charge is 0.480 e. The number of benzene rings is 3. The smallest absolute Gasteiger partial charge is 0.326 e. The lowest BCUT2D eigenvalue weighted by Crippen LogP contribution is -2.55. The van der Waals surface area contributed by atoms with Crippen molar-refractivity contribution in [2.24, 2.45) is 5.73 Å². The van der Waals surface area contributed by atoms with Crippen LogP contribution in [-0.4, -0.2) is 77.1 Å². The van der Waals surface area contributed by atoms with E-state index in [9.17, 15) is 37.5 Å². The van der Waals surface area contributed by atoms with Gasteiger partial charge in [-0.25, -0.2) is 18.0 Å². The molecule has 0 aliphatic carbocycles. The molecule has 5 atom stereocenters. The number of likely N-dealkylation sites (tertiary alicyclic amines) is 1. The van der Waals surface area contributed by atoms with Gasteiger partial charge in [0.1, 0.15) is 17.9 Å². The summed E-state index contributed by atoms with van der Waals surface area (Å²) in [4.78, 5) is 53.7.